The lowest BCUT2D eigenvalue weighted by Crippen LogP contribution is -2.15. The summed E-state index contributed by atoms with van der Waals surface area (Å²) in [7, 11) is 1.45. The van der Waals surface area contributed by atoms with Crippen LogP contribution in [-0.2, 0) is 4.79 Å². The molecule has 1 aromatic heterocycles. The molecule has 0 atom stereocenters. The number of hydrogen-bond acceptors (Lipinski definition) is 6. The number of amides is 1. The third-order valence-corrected chi connectivity index (χ3v) is 3.16. The zero-order chi connectivity index (χ0) is 17.1. The van der Waals surface area contributed by atoms with Gasteiger partial charge in [0.1, 0.15) is 11.8 Å². The predicted molar refractivity (Wildman–Crippen MR) is 82.3 cm³/mol. The number of ether oxygens (including phenoxy) is 1. The van der Waals surface area contributed by atoms with Gasteiger partial charge >= 0.3 is 0 Å². The highest BCUT2D eigenvalue weighted by Gasteiger charge is 2.18. The molecule has 7 nitrogen and oxygen atoms in total. The summed E-state index contributed by atoms with van der Waals surface area (Å²) in [6.45, 7) is 2.60. The summed E-state index contributed by atoms with van der Waals surface area (Å²) in [4.78, 5) is 23.5. The Labute approximate surface area is 131 Å². The van der Waals surface area contributed by atoms with E-state index in [1.165, 1.54) is 27.0 Å². The highest BCUT2D eigenvalue weighted by molar-refractivity contribution is 6.12. The number of rotatable bonds is 4. The van der Waals surface area contributed by atoms with Gasteiger partial charge in [-0.25, -0.2) is 0 Å². The second-order valence-electron chi connectivity index (χ2n) is 4.75. The molecule has 0 saturated carbocycles. The minimum atomic E-state index is -0.760. The first-order valence-electron chi connectivity index (χ1n) is 6.61. The van der Waals surface area contributed by atoms with Gasteiger partial charge in [-0.1, -0.05) is 0 Å². The fourth-order valence-electron chi connectivity index (χ4n) is 2.02. The first-order valence-corrected chi connectivity index (χ1v) is 6.61. The van der Waals surface area contributed by atoms with E-state index in [9.17, 15) is 14.7 Å². The van der Waals surface area contributed by atoms with E-state index in [1.807, 2.05) is 0 Å². The summed E-state index contributed by atoms with van der Waals surface area (Å²) in [6, 6.07) is 6.23. The Kier molecular flexibility index (Phi) is 4.37. The van der Waals surface area contributed by atoms with Crippen molar-refractivity contribution in [1.82, 2.24) is 0 Å². The van der Waals surface area contributed by atoms with Gasteiger partial charge in [0.25, 0.3) is 5.91 Å². The Morgan fingerprint density at radius 2 is 2.04 bits per heavy atom. The third-order valence-electron chi connectivity index (χ3n) is 3.16. The van der Waals surface area contributed by atoms with E-state index >= 15 is 0 Å². The molecule has 0 bridgehead atoms. The van der Waals surface area contributed by atoms with Crippen molar-refractivity contribution in [3.63, 3.8) is 0 Å². The van der Waals surface area contributed by atoms with Gasteiger partial charge in [-0.15, -0.1) is 0 Å². The molecular formula is C16H14N2O5. The number of methoxy groups -OCH3 is 1. The van der Waals surface area contributed by atoms with Gasteiger partial charge in [-0.3, -0.25) is 9.59 Å². The van der Waals surface area contributed by atoms with Gasteiger partial charge in [-0.2, -0.15) is 5.26 Å². The van der Waals surface area contributed by atoms with Crippen molar-refractivity contribution in [3.05, 3.63) is 35.3 Å². The average molecular weight is 314 g/mol. The molecule has 1 amide bonds. The van der Waals surface area contributed by atoms with Crippen LogP contribution in [0.1, 0.15) is 24.4 Å². The number of nitrogens with zero attached hydrogens (tertiary/aromatic N) is 1. The van der Waals surface area contributed by atoms with Crippen LogP contribution in [0.2, 0.25) is 0 Å². The summed E-state index contributed by atoms with van der Waals surface area (Å²) >= 11 is 0. The molecule has 0 fully saturated rings. The summed E-state index contributed by atoms with van der Waals surface area (Å²) in [5.74, 6) is -0.894. The van der Waals surface area contributed by atoms with E-state index in [4.69, 9.17) is 14.4 Å². The van der Waals surface area contributed by atoms with Crippen LogP contribution in [0.4, 0.5) is 5.69 Å². The summed E-state index contributed by atoms with van der Waals surface area (Å²) in [6.07, 6.45) is 0. The molecule has 1 heterocycles. The number of benzene rings is 1. The van der Waals surface area contributed by atoms with Gasteiger partial charge in [-0.05, 0) is 25.1 Å². The molecule has 0 aliphatic heterocycles. The number of nitriles is 1. The van der Waals surface area contributed by atoms with E-state index in [2.05, 4.69) is 5.32 Å². The Bertz CT molecular complexity index is 866. The lowest BCUT2D eigenvalue weighted by molar-refractivity contribution is -0.112. The van der Waals surface area contributed by atoms with Crippen molar-refractivity contribution in [2.75, 3.05) is 12.4 Å². The number of aliphatic hydroxyl groups is 1. The molecule has 23 heavy (non-hydrogen) atoms. The Morgan fingerprint density at radius 1 is 1.35 bits per heavy atom. The molecule has 2 aromatic rings. The zero-order valence-electron chi connectivity index (χ0n) is 12.8. The molecule has 118 valence electrons. The molecule has 0 spiro atoms. The summed E-state index contributed by atoms with van der Waals surface area (Å²) in [5.41, 5.74) is 0.235. The van der Waals surface area contributed by atoms with Crippen molar-refractivity contribution in [3.8, 4) is 11.8 Å². The van der Waals surface area contributed by atoms with Crippen LogP contribution in [0.15, 0.2) is 33.9 Å². The number of Topliss-reactive ketones (excluding diaryl/α,β-unsaturated/α-hetero) is 1. The standard InChI is InChI=1S/C16H14N2O5/c1-8(19)11(7-17)16(21)18-12-4-5-13(22-3)15-10(12)6-14(23-15)9(2)20/h4-6,19H,1-3H3,(H,18,21)/b11-8-. The van der Waals surface area contributed by atoms with Gasteiger partial charge in [0, 0.05) is 12.3 Å². The maximum absolute atomic E-state index is 12.0. The van der Waals surface area contributed by atoms with Crippen LogP contribution in [0.25, 0.3) is 11.0 Å². The van der Waals surface area contributed by atoms with Crippen LogP contribution in [-0.4, -0.2) is 23.9 Å². The van der Waals surface area contributed by atoms with Crippen molar-refractivity contribution in [1.29, 1.82) is 5.26 Å². The number of carbonyl (C=O) groups is 2. The normalized spacial score (nSPS) is 11.6. The maximum atomic E-state index is 12.0. The monoisotopic (exact) mass is 314 g/mol. The lowest BCUT2D eigenvalue weighted by atomic mass is 10.1. The number of hydrogen-bond donors (Lipinski definition) is 2. The van der Waals surface area contributed by atoms with Crippen LogP contribution in [0.3, 0.4) is 0 Å². The van der Waals surface area contributed by atoms with E-state index in [1.54, 1.807) is 18.2 Å². The van der Waals surface area contributed by atoms with Gasteiger partial charge in [0.2, 0.25) is 0 Å². The smallest absolute Gasteiger partial charge is 0.269 e. The minimum absolute atomic E-state index is 0.120. The molecule has 2 rings (SSSR count). The van der Waals surface area contributed by atoms with E-state index in [-0.39, 0.29) is 17.3 Å². The van der Waals surface area contributed by atoms with Crippen molar-refractivity contribution >= 4 is 28.3 Å². The van der Waals surface area contributed by atoms with Gasteiger partial charge in [0.15, 0.2) is 28.4 Å². The number of allylic oxidation sites excluding steroid dienone is 1. The molecule has 7 heteroatoms. The molecular weight excluding hydrogens is 300 g/mol. The number of carbonyl (C=O) groups excluding carboxylic acids is 2. The molecule has 0 aliphatic rings. The topological polar surface area (TPSA) is 113 Å². The van der Waals surface area contributed by atoms with Crippen LogP contribution < -0.4 is 10.1 Å². The number of anilines is 1. The first kappa shape index (κ1) is 16.1. The Hall–Kier alpha value is -3.27. The van der Waals surface area contributed by atoms with E-state index in [0.717, 1.165) is 0 Å². The van der Waals surface area contributed by atoms with Crippen molar-refractivity contribution in [2.24, 2.45) is 0 Å². The number of ketones is 1. The number of nitrogens with one attached hydrogen (secondary N) is 1. The number of fused-ring (bicyclic) bond motifs is 1. The maximum Gasteiger partial charge on any atom is 0.269 e. The third kappa shape index (κ3) is 3.01. The van der Waals surface area contributed by atoms with Crippen molar-refractivity contribution < 1.29 is 23.8 Å². The lowest BCUT2D eigenvalue weighted by Gasteiger charge is -2.08. The van der Waals surface area contributed by atoms with Crippen molar-refractivity contribution in [2.45, 2.75) is 13.8 Å². The summed E-state index contributed by atoms with van der Waals surface area (Å²) in [5, 5.41) is 21.2. The highest BCUT2D eigenvalue weighted by Crippen LogP contribution is 2.34. The van der Waals surface area contributed by atoms with Crippen LogP contribution in [0, 0.1) is 11.3 Å². The second kappa shape index (κ2) is 6.23. The van der Waals surface area contributed by atoms with Crippen LogP contribution in [0.5, 0.6) is 5.75 Å². The average Bonchev–Trinajstić information content (AvgIpc) is 2.93. The quantitative estimate of drug-likeness (QED) is 0.388. The fraction of sp³-hybridized carbons (Fsp3) is 0.188. The summed E-state index contributed by atoms with van der Waals surface area (Å²) < 4.78 is 10.6. The first-order chi connectivity index (χ1) is 10.9. The SMILES string of the molecule is COc1ccc(NC(=O)/C(C#N)=C(/C)O)c2cc(C(C)=O)oc12. The molecule has 2 N–H and O–H groups in total. The Morgan fingerprint density at radius 3 is 2.57 bits per heavy atom. The highest BCUT2D eigenvalue weighted by atomic mass is 16.5. The number of aliphatic hydroxyl groups excluding tert-OH is 1. The largest absolute Gasteiger partial charge is 0.511 e. The molecule has 1 aromatic carbocycles. The van der Waals surface area contributed by atoms with E-state index < -0.39 is 11.5 Å². The number of furan rings is 1. The van der Waals surface area contributed by atoms with Crippen LogP contribution >= 0.6 is 0 Å². The molecule has 0 radical (unpaired) electrons. The predicted octanol–water partition coefficient (Wildman–Crippen LogP) is 2.94. The zero-order valence-corrected chi connectivity index (χ0v) is 12.8. The fourth-order valence-corrected chi connectivity index (χ4v) is 2.02. The molecule has 0 saturated heterocycles. The molecule has 0 unspecified atom stereocenters. The minimum Gasteiger partial charge on any atom is -0.511 e. The van der Waals surface area contributed by atoms with Gasteiger partial charge in [0.05, 0.1) is 12.8 Å². The molecule has 0 aliphatic carbocycles. The second-order valence-corrected chi connectivity index (χ2v) is 4.75. The van der Waals surface area contributed by atoms with E-state index in [0.29, 0.717) is 22.4 Å². The van der Waals surface area contributed by atoms with Gasteiger partial charge < -0.3 is 19.6 Å². The Balaban J connectivity index is 2.54.